The third-order valence-corrected chi connectivity index (χ3v) is 3.31. The zero-order chi connectivity index (χ0) is 13.1. The number of anilines is 1. The first-order valence-electron chi connectivity index (χ1n) is 6.00. The number of carbonyl (C=O) groups is 1. The number of hydrogen-bond donors (Lipinski definition) is 2. The Hall–Kier alpha value is -0.810. The highest BCUT2D eigenvalue weighted by Crippen LogP contribution is 2.23. The van der Waals surface area contributed by atoms with Crippen molar-refractivity contribution in [2.75, 3.05) is 18.5 Å². The van der Waals surface area contributed by atoms with Crippen molar-refractivity contribution in [3.63, 3.8) is 0 Å². The van der Waals surface area contributed by atoms with Gasteiger partial charge < -0.3 is 15.4 Å². The van der Waals surface area contributed by atoms with Gasteiger partial charge in [-0.15, -0.1) is 12.4 Å². The van der Waals surface area contributed by atoms with Gasteiger partial charge in [0, 0.05) is 6.54 Å². The highest BCUT2D eigenvalue weighted by Gasteiger charge is 2.28. The second kappa shape index (κ2) is 7.10. The molecule has 0 unspecified atom stereocenters. The second-order valence-corrected chi connectivity index (χ2v) is 4.89. The summed E-state index contributed by atoms with van der Waals surface area (Å²) in [4.78, 5) is 12.1. The highest BCUT2D eigenvalue weighted by molar-refractivity contribution is 6.33. The Morgan fingerprint density at radius 1 is 1.53 bits per heavy atom. The number of carbonyl (C=O) groups excluding carboxylic acids is 1. The third kappa shape index (κ3) is 4.08. The van der Waals surface area contributed by atoms with Crippen molar-refractivity contribution in [2.24, 2.45) is 0 Å². The molecule has 1 aliphatic heterocycles. The maximum absolute atomic E-state index is 12.1. The Morgan fingerprint density at radius 2 is 2.26 bits per heavy atom. The summed E-state index contributed by atoms with van der Waals surface area (Å²) in [5.41, 5.74) is 1.69. The smallest absolute Gasteiger partial charge is 0.244 e. The zero-order valence-electron chi connectivity index (χ0n) is 10.9. The van der Waals surface area contributed by atoms with Crippen LogP contribution in [0.5, 0.6) is 0 Å². The van der Waals surface area contributed by atoms with Crippen molar-refractivity contribution >= 4 is 35.6 Å². The van der Waals surface area contributed by atoms with Crippen LogP contribution < -0.4 is 10.6 Å². The molecule has 2 atom stereocenters. The van der Waals surface area contributed by atoms with E-state index in [0.717, 1.165) is 5.56 Å². The molecule has 106 valence electrons. The van der Waals surface area contributed by atoms with Crippen LogP contribution >= 0.6 is 24.0 Å². The van der Waals surface area contributed by atoms with Crippen LogP contribution in [0.1, 0.15) is 12.5 Å². The van der Waals surface area contributed by atoms with Crippen LogP contribution in [0.2, 0.25) is 5.02 Å². The first-order chi connectivity index (χ1) is 8.58. The number of aryl methyl sites for hydroxylation is 1. The molecule has 1 aromatic carbocycles. The van der Waals surface area contributed by atoms with Gasteiger partial charge in [0.2, 0.25) is 5.91 Å². The lowest BCUT2D eigenvalue weighted by molar-refractivity contribution is -0.123. The predicted octanol–water partition coefficient (Wildman–Crippen LogP) is 2.39. The number of benzene rings is 1. The van der Waals surface area contributed by atoms with E-state index in [1.165, 1.54) is 0 Å². The fraction of sp³-hybridized carbons (Fsp3) is 0.462. The number of ether oxygens (including phenoxy) is 1. The Labute approximate surface area is 124 Å². The number of nitrogens with one attached hydrogen (secondary N) is 2. The fourth-order valence-corrected chi connectivity index (χ4v) is 2.14. The lowest BCUT2D eigenvalue weighted by Crippen LogP contribution is -2.53. The first-order valence-corrected chi connectivity index (χ1v) is 6.38. The van der Waals surface area contributed by atoms with Gasteiger partial charge in [-0.1, -0.05) is 17.7 Å². The molecule has 2 rings (SSSR count). The molecule has 6 heteroatoms. The van der Waals surface area contributed by atoms with Crippen molar-refractivity contribution in [1.29, 1.82) is 0 Å². The van der Waals surface area contributed by atoms with Crippen molar-refractivity contribution in [1.82, 2.24) is 5.32 Å². The number of amides is 1. The Morgan fingerprint density at radius 3 is 2.95 bits per heavy atom. The number of rotatable bonds is 2. The van der Waals surface area contributed by atoms with Crippen LogP contribution in [-0.2, 0) is 9.53 Å². The zero-order valence-corrected chi connectivity index (χ0v) is 12.5. The van der Waals surface area contributed by atoms with E-state index < -0.39 is 0 Å². The molecule has 0 bridgehead atoms. The average molecular weight is 305 g/mol. The third-order valence-electron chi connectivity index (χ3n) is 2.98. The molecular weight excluding hydrogens is 287 g/mol. The molecule has 1 saturated heterocycles. The van der Waals surface area contributed by atoms with Gasteiger partial charge in [0.1, 0.15) is 6.04 Å². The van der Waals surface area contributed by atoms with Crippen molar-refractivity contribution < 1.29 is 9.53 Å². The van der Waals surface area contributed by atoms with Crippen LogP contribution in [0.3, 0.4) is 0 Å². The summed E-state index contributed by atoms with van der Waals surface area (Å²) < 4.78 is 5.45. The summed E-state index contributed by atoms with van der Waals surface area (Å²) >= 11 is 6.05. The van der Waals surface area contributed by atoms with E-state index in [9.17, 15) is 4.79 Å². The minimum atomic E-state index is -0.338. The Kier molecular flexibility index (Phi) is 6.07. The van der Waals surface area contributed by atoms with E-state index in [0.29, 0.717) is 23.9 Å². The first kappa shape index (κ1) is 16.2. The molecule has 0 aromatic heterocycles. The normalized spacial score (nSPS) is 22.5. The summed E-state index contributed by atoms with van der Waals surface area (Å²) in [6.45, 7) is 5.16. The van der Waals surface area contributed by atoms with Crippen LogP contribution in [-0.4, -0.2) is 31.2 Å². The van der Waals surface area contributed by atoms with Crippen LogP contribution in [0, 0.1) is 6.92 Å². The standard InChI is InChI=1S/C13H17ClN2O2.ClH/c1-8-3-4-10(14)11(7-8)16-13(17)12-9(2)18-6-5-15-12;/h3-4,7,9,12,15H,5-6H2,1-2H3,(H,16,17);1H/t9-,12+;/m1./s1. The molecule has 0 radical (unpaired) electrons. The van der Waals surface area contributed by atoms with Gasteiger partial charge in [-0.05, 0) is 31.5 Å². The molecular formula is C13H18Cl2N2O2. The molecule has 0 aliphatic carbocycles. The second-order valence-electron chi connectivity index (χ2n) is 4.48. The molecule has 1 aliphatic rings. The summed E-state index contributed by atoms with van der Waals surface area (Å²) in [7, 11) is 0. The van der Waals surface area contributed by atoms with E-state index >= 15 is 0 Å². The van der Waals surface area contributed by atoms with Crippen molar-refractivity contribution in [2.45, 2.75) is 26.0 Å². The highest BCUT2D eigenvalue weighted by atomic mass is 35.5. The van der Waals surface area contributed by atoms with Crippen LogP contribution in [0.4, 0.5) is 5.69 Å². The van der Waals surface area contributed by atoms with Gasteiger partial charge in [0.05, 0.1) is 23.4 Å². The van der Waals surface area contributed by atoms with Gasteiger partial charge >= 0.3 is 0 Å². The maximum Gasteiger partial charge on any atom is 0.244 e. The molecule has 19 heavy (non-hydrogen) atoms. The largest absolute Gasteiger partial charge is 0.375 e. The number of hydrogen-bond acceptors (Lipinski definition) is 3. The summed E-state index contributed by atoms with van der Waals surface area (Å²) in [6, 6.07) is 5.20. The SMILES string of the molecule is Cc1ccc(Cl)c(NC(=O)[C@H]2NCCO[C@@H]2C)c1.Cl. The van der Waals surface area contributed by atoms with Crippen molar-refractivity contribution in [3.05, 3.63) is 28.8 Å². The lowest BCUT2D eigenvalue weighted by atomic mass is 10.1. The average Bonchev–Trinajstić information content (AvgIpc) is 2.34. The molecule has 4 nitrogen and oxygen atoms in total. The van der Waals surface area contributed by atoms with Gasteiger partial charge in [0.25, 0.3) is 0 Å². The maximum atomic E-state index is 12.1. The molecule has 1 heterocycles. The summed E-state index contributed by atoms with van der Waals surface area (Å²) in [6.07, 6.45) is -0.137. The quantitative estimate of drug-likeness (QED) is 0.882. The Bertz CT molecular complexity index is 454. The lowest BCUT2D eigenvalue weighted by Gasteiger charge is -2.29. The topological polar surface area (TPSA) is 50.4 Å². The van der Waals surface area contributed by atoms with Gasteiger partial charge in [-0.3, -0.25) is 4.79 Å². The minimum absolute atomic E-state index is 0. The van der Waals surface area contributed by atoms with E-state index in [-0.39, 0.29) is 30.5 Å². The van der Waals surface area contributed by atoms with Crippen LogP contribution in [0.15, 0.2) is 18.2 Å². The van der Waals surface area contributed by atoms with Crippen LogP contribution in [0.25, 0.3) is 0 Å². The molecule has 1 fully saturated rings. The fourth-order valence-electron chi connectivity index (χ4n) is 1.97. The van der Waals surface area contributed by atoms with Gasteiger partial charge in [-0.25, -0.2) is 0 Å². The van der Waals surface area contributed by atoms with E-state index in [1.54, 1.807) is 6.07 Å². The summed E-state index contributed by atoms with van der Waals surface area (Å²) in [5, 5.41) is 6.52. The van der Waals surface area contributed by atoms with E-state index in [4.69, 9.17) is 16.3 Å². The predicted molar refractivity (Wildman–Crippen MR) is 79.3 cm³/mol. The van der Waals surface area contributed by atoms with Gasteiger partial charge in [-0.2, -0.15) is 0 Å². The van der Waals surface area contributed by atoms with Crippen molar-refractivity contribution in [3.8, 4) is 0 Å². The van der Waals surface area contributed by atoms with E-state index in [2.05, 4.69) is 10.6 Å². The molecule has 1 amide bonds. The minimum Gasteiger partial charge on any atom is -0.375 e. The number of morpholine rings is 1. The molecule has 0 saturated carbocycles. The number of halogens is 2. The summed E-state index contributed by atoms with van der Waals surface area (Å²) in [5.74, 6) is -0.116. The van der Waals surface area contributed by atoms with Gasteiger partial charge in [0.15, 0.2) is 0 Å². The molecule has 1 aromatic rings. The molecule has 2 N–H and O–H groups in total. The molecule has 0 spiro atoms. The monoisotopic (exact) mass is 304 g/mol. The van der Waals surface area contributed by atoms with E-state index in [1.807, 2.05) is 26.0 Å². The Balaban J connectivity index is 0.00000180.